The number of rotatable bonds is 8. The van der Waals surface area contributed by atoms with Gasteiger partial charge in [0, 0.05) is 12.0 Å². The third-order valence-corrected chi connectivity index (χ3v) is 5.33. The third-order valence-electron chi connectivity index (χ3n) is 5.33. The molecule has 31 heavy (non-hydrogen) atoms. The molecule has 1 heterocycles. The summed E-state index contributed by atoms with van der Waals surface area (Å²) in [6.07, 6.45) is 11.2. The minimum atomic E-state index is -0.0376. The number of carbonyl (C=O) groups is 1. The first-order valence-corrected chi connectivity index (χ1v) is 10.9. The van der Waals surface area contributed by atoms with Gasteiger partial charge in [0.1, 0.15) is 5.75 Å². The van der Waals surface area contributed by atoms with E-state index >= 15 is 0 Å². The Kier molecular flexibility index (Phi) is 7.40. The van der Waals surface area contributed by atoms with Gasteiger partial charge in [0.05, 0.1) is 17.1 Å². The van der Waals surface area contributed by atoms with Crippen molar-refractivity contribution in [1.29, 1.82) is 0 Å². The van der Waals surface area contributed by atoms with Crippen molar-refractivity contribution in [2.75, 3.05) is 5.32 Å². The molecule has 0 spiro atoms. The minimum Gasteiger partial charge on any atom is -0.508 e. The van der Waals surface area contributed by atoms with Gasteiger partial charge in [-0.05, 0) is 62.3 Å². The molecular formula is C26H31N3O2. The van der Waals surface area contributed by atoms with Gasteiger partial charge < -0.3 is 10.4 Å². The van der Waals surface area contributed by atoms with Crippen molar-refractivity contribution in [1.82, 2.24) is 9.97 Å². The molecule has 1 aromatic carbocycles. The number of hydrogen-bond donors (Lipinski definition) is 2. The van der Waals surface area contributed by atoms with Crippen LogP contribution in [0.2, 0.25) is 0 Å². The summed E-state index contributed by atoms with van der Waals surface area (Å²) in [4.78, 5) is 22.3. The fraction of sp³-hybridized carbons (Fsp3) is 0.346. The molecule has 1 aromatic heterocycles. The lowest BCUT2D eigenvalue weighted by atomic mass is 9.91. The van der Waals surface area contributed by atoms with Crippen LogP contribution in [0.4, 0.5) is 5.82 Å². The van der Waals surface area contributed by atoms with Crippen LogP contribution in [0.3, 0.4) is 0 Å². The van der Waals surface area contributed by atoms with Gasteiger partial charge in [0.2, 0.25) is 5.91 Å². The lowest BCUT2D eigenvalue weighted by Crippen LogP contribution is -2.19. The lowest BCUT2D eigenvalue weighted by Gasteiger charge is -2.21. The van der Waals surface area contributed by atoms with Gasteiger partial charge in [0.25, 0.3) is 0 Å². The Hall–Kier alpha value is -3.21. The molecule has 0 fully saturated rings. The van der Waals surface area contributed by atoms with Gasteiger partial charge in [-0.25, -0.2) is 9.97 Å². The maximum atomic E-state index is 12.5. The number of anilines is 1. The highest BCUT2D eigenvalue weighted by molar-refractivity contribution is 5.90. The average molecular weight is 418 g/mol. The third kappa shape index (κ3) is 5.69. The number of amides is 1. The molecule has 162 valence electrons. The summed E-state index contributed by atoms with van der Waals surface area (Å²) in [5, 5.41) is 12.8. The van der Waals surface area contributed by atoms with Gasteiger partial charge >= 0.3 is 0 Å². The van der Waals surface area contributed by atoms with Gasteiger partial charge in [-0.15, -0.1) is 0 Å². The fourth-order valence-electron chi connectivity index (χ4n) is 3.77. The number of phenols is 1. The SMILES string of the molecule is C=C/C=C\C(=C/C)CCc1nc2c(nc1NC(=O)CC(C)C)CCc1cc(O)ccc1-2. The number of benzene rings is 1. The number of allylic oxidation sites excluding steroid dienone is 5. The quantitative estimate of drug-likeness (QED) is 0.552. The summed E-state index contributed by atoms with van der Waals surface area (Å²) >= 11 is 0. The zero-order valence-electron chi connectivity index (χ0n) is 18.6. The molecule has 1 aliphatic rings. The number of carbonyl (C=O) groups excluding carboxylic acids is 1. The predicted molar refractivity (Wildman–Crippen MR) is 126 cm³/mol. The largest absolute Gasteiger partial charge is 0.508 e. The molecule has 5 nitrogen and oxygen atoms in total. The molecule has 1 amide bonds. The molecule has 0 saturated heterocycles. The highest BCUT2D eigenvalue weighted by Gasteiger charge is 2.23. The second kappa shape index (κ2) is 10.2. The van der Waals surface area contributed by atoms with Gasteiger partial charge in [-0.3, -0.25) is 4.79 Å². The van der Waals surface area contributed by atoms with Crippen LogP contribution in [-0.2, 0) is 24.1 Å². The van der Waals surface area contributed by atoms with E-state index < -0.39 is 0 Å². The lowest BCUT2D eigenvalue weighted by molar-refractivity contribution is -0.116. The molecule has 2 aromatic rings. The minimum absolute atomic E-state index is 0.0376. The number of nitrogens with one attached hydrogen (secondary N) is 1. The Labute approximate surface area is 184 Å². The van der Waals surface area contributed by atoms with Crippen molar-refractivity contribution >= 4 is 11.7 Å². The molecule has 0 atom stereocenters. The number of nitrogens with zero attached hydrogens (tertiary/aromatic N) is 2. The number of phenolic OH excluding ortho intramolecular Hbond substituents is 1. The zero-order valence-corrected chi connectivity index (χ0v) is 18.6. The molecule has 1 aliphatic carbocycles. The fourth-order valence-corrected chi connectivity index (χ4v) is 3.77. The zero-order chi connectivity index (χ0) is 22.4. The molecule has 3 rings (SSSR count). The first kappa shape index (κ1) is 22.5. The molecule has 5 heteroatoms. The Morgan fingerprint density at radius 3 is 2.81 bits per heavy atom. The summed E-state index contributed by atoms with van der Waals surface area (Å²) in [5.41, 5.74) is 5.77. The van der Waals surface area contributed by atoms with E-state index in [1.807, 2.05) is 39.0 Å². The summed E-state index contributed by atoms with van der Waals surface area (Å²) in [6.45, 7) is 9.79. The van der Waals surface area contributed by atoms with Crippen LogP contribution < -0.4 is 5.32 Å². The Morgan fingerprint density at radius 1 is 1.29 bits per heavy atom. The van der Waals surface area contributed by atoms with Crippen LogP contribution in [0.5, 0.6) is 5.75 Å². The Morgan fingerprint density at radius 2 is 2.10 bits per heavy atom. The normalized spacial score (nSPS) is 13.2. The standard InChI is InChI=1S/C26H31N3O2/c1-5-7-8-18(6-2)9-13-23-26(29-24(31)15-17(3)4)28-22-14-10-19-16-20(30)11-12-21(19)25(22)27-23/h5-8,11-12,16-17,30H,1,9-10,13-15H2,2-4H3,(H,28,29,31)/b8-7-,18-6+. The van der Waals surface area contributed by atoms with Crippen LogP contribution in [0.25, 0.3) is 11.3 Å². The number of fused-ring (bicyclic) bond motifs is 3. The smallest absolute Gasteiger partial charge is 0.225 e. The molecule has 0 bridgehead atoms. The maximum absolute atomic E-state index is 12.5. The van der Waals surface area contributed by atoms with E-state index in [1.54, 1.807) is 18.2 Å². The second-order valence-corrected chi connectivity index (χ2v) is 8.26. The number of aromatic hydroxyl groups is 1. The first-order chi connectivity index (χ1) is 14.9. The average Bonchev–Trinajstić information content (AvgIpc) is 2.73. The monoisotopic (exact) mass is 417 g/mol. The van der Waals surface area contributed by atoms with Crippen LogP contribution >= 0.6 is 0 Å². The molecule has 0 radical (unpaired) electrons. The van der Waals surface area contributed by atoms with E-state index in [0.29, 0.717) is 18.7 Å². The summed E-state index contributed by atoms with van der Waals surface area (Å²) in [7, 11) is 0. The van der Waals surface area contributed by atoms with Gasteiger partial charge in [-0.1, -0.05) is 50.3 Å². The van der Waals surface area contributed by atoms with Gasteiger partial charge in [-0.2, -0.15) is 0 Å². The predicted octanol–water partition coefficient (Wildman–Crippen LogP) is 5.55. The molecular weight excluding hydrogens is 386 g/mol. The van der Waals surface area contributed by atoms with E-state index in [1.165, 1.54) is 5.57 Å². The highest BCUT2D eigenvalue weighted by atomic mass is 16.3. The van der Waals surface area contributed by atoms with E-state index in [2.05, 4.69) is 18.0 Å². The van der Waals surface area contributed by atoms with Crippen molar-refractivity contribution in [2.24, 2.45) is 5.92 Å². The summed E-state index contributed by atoms with van der Waals surface area (Å²) in [5.74, 6) is 1.06. The van der Waals surface area contributed by atoms with Crippen molar-refractivity contribution in [3.8, 4) is 17.0 Å². The molecule has 0 aliphatic heterocycles. The number of aryl methyl sites for hydroxylation is 3. The Bertz CT molecular complexity index is 1040. The topological polar surface area (TPSA) is 75.1 Å². The maximum Gasteiger partial charge on any atom is 0.225 e. The molecule has 0 saturated carbocycles. The van der Waals surface area contributed by atoms with Gasteiger partial charge in [0.15, 0.2) is 5.82 Å². The van der Waals surface area contributed by atoms with E-state index in [0.717, 1.165) is 47.5 Å². The van der Waals surface area contributed by atoms with Crippen molar-refractivity contribution in [3.05, 3.63) is 71.6 Å². The van der Waals surface area contributed by atoms with E-state index in [4.69, 9.17) is 9.97 Å². The highest BCUT2D eigenvalue weighted by Crippen LogP contribution is 2.35. The molecule has 2 N–H and O–H groups in total. The van der Waals surface area contributed by atoms with Crippen molar-refractivity contribution in [3.63, 3.8) is 0 Å². The summed E-state index contributed by atoms with van der Waals surface area (Å²) in [6, 6.07) is 5.39. The van der Waals surface area contributed by atoms with Crippen LogP contribution in [0.15, 0.2) is 54.7 Å². The van der Waals surface area contributed by atoms with E-state index in [9.17, 15) is 9.90 Å². The number of hydrogen-bond acceptors (Lipinski definition) is 4. The van der Waals surface area contributed by atoms with Crippen LogP contribution in [-0.4, -0.2) is 21.0 Å². The second-order valence-electron chi connectivity index (χ2n) is 8.26. The van der Waals surface area contributed by atoms with Crippen molar-refractivity contribution < 1.29 is 9.90 Å². The first-order valence-electron chi connectivity index (χ1n) is 10.9. The van der Waals surface area contributed by atoms with Crippen molar-refractivity contribution in [2.45, 2.75) is 52.9 Å². The van der Waals surface area contributed by atoms with Crippen LogP contribution in [0.1, 0.15) is 50.6 Å². The summed E-state index contributed by atoms with van der Waals surface area (Å²) < 4.78 is 0. The van der Waals surface area contributed by atoms with Crippen LogP contribution in [0, 0.1) is 5.92 Å². The number of aromatic nitrogens is 2. The Balaban J connectivity index is 1.98. The van der Waals surface area contributed by atoms with E-state index in [-0.39, 0.29) is 17.6 Å². The molecule has 0 unspecified atom stereocenters.